The van der Waals surface area contributed by atoms with E-state index in [2.05, 4.69) is 36.4 Å². The van der Waals surface area contributed by atoms with Gasteiger partial charge in [-0.15, -0.1) is 0 Å². The number of aryl methyl sites for hydroxylation is 4. The molecule has 1 heterocycles. The molecule has 1 aliphatic heterocycles. The number of carbonyl (C=O) groups excluding carboxylic acids is 2. The third kappa shape index (κ3) is 2.59. The van der Waals surface area contributed by atoms with Gasteiger partial charge in [-0.05, 0) is 73.8 Å². The normalized spacial score (nSPS) is 28.7. The summed E-state index contributed by atoms with van der Waals surface area (Å²) in [6, 6.07) is 15.0. The molecule has 0 radical (unpaired) electrons. The first-order valence-electron chi connectivity index (χ1n) is 10.9. The van der Waals surface area contributed by atoms with Gasteiger partial charge in [0.05, 0.1) is 5.41 Å². The van der Waals surface area contributed by atoms with Crippen LogP contribution in [0.2, 0.25) is 0 Å². The van der Waals surface area contributed by atoms with E-state index in [1.165, 1.54) is 11.1 Å². The number of carbonyl (C=O) groups is 2. The highest BCUT2D eigenvalue weighted by molar-refractivity contribution is 5.94. The molecule has 0 unspecified atom stereocenters. The van der Waals surface area contributed by atoms with Crippen LogP contribution in [0.3, 0.4) is 0 Å². The van der Waals surface area contributed by atoms with Crippen LogP contribution in [0.4, 0.5) is 0 Å². The Hall–Kier alpha value is -2.62. The number of hydrogen-bond donors (Lipinski definition) is 0. The van der Waals surface area contributed by atoms with Crippen molar-refractivity contribution >= 4 is 11.9 Å². The maximum Gasteiger partial charge on any atom is 0.356 e. The fourth-order valence-electron chi connectivity index (χ4n) is 5.38. The van der Waals surface area contributed by atoms with Crippen LogP contribution < -0.4 is 4.74 Å². The van der Waals surface area contributed by atoms with Crippen LogP contribution >= 0.6 is 0 Å². The van der Waals surface area contributed by atoms with Gasteiger partial charge in [0.15, 0.2) is 0 Å². The molecule has 1 saturated carbocycles. The molecule has 0 aromatic heterocycles. The predicted octanol–water partition coefficient (Wildman–Crippen LogP) is 4.60. The molecule has 1 saturated heterocycles. The maximum absolute atomic E-state index is 13.5. The molecule has 5 aliphatic carbocycles. The van der Waals surface area contributed by atoms with Gasteiger partial charge in [0.1, 0.15) is 5.75 Å². The van der Waals surface area contributed by atoms with Gasteiger partial charge >= 0.3 is 11.9 Å². The zero-order valence-corrected chi connectivity index (χ0v) is 17.9. The number of ether oxygens (including phenoxy) is 2. The molecule has 30 heavy (non-hydrogen) atoms. The molecule has 2 aromatic rings. The quantitative estimate of drug-likeness (QED) is 0.542. The molecule has 2 fully saturated rings. The van der Waals surface area contributed by atoms with Gasteiger partial charge in [0, 0.05) is 5.41 Å². The topological polar surface area (TPSA) is 52.6 Å². The second kappa shape index (κ2) is 6.44. The lowest BCUT2D eigenvalue weighted by Gasteiger charge is -2.34. The van der Waals surface area contributed by atoms with Crippen LogP contribution in [0, 0.1) is 10.8 Å². The second-order valence-corrected chi connectivity index (χ2v) is 9.82. The van der Waals surface area contributed by atoms with E-state index >= 15 is 0 Å². The highest BCUT2D eigenvalue weighted by Crippen LogP contribution is 2.65. The van der Waals surface area contributed by atoms with E-state index in [1.807, 2.05) is 26.8 Å². The van der Waals surface area contributed by atoms with Crippen molar-refractivity contribution in [2.75, 3.05) is 0 Å². The lowest BCUT2D eigenvalue weighted by Crippen LogP contribution is -2.50. The Morgan fingerprint density at radius 3 is 2.07 bits per heavy atom. The van der Waals surface area contributed by atoms with Gasteiger partial charge in [-0.25, -0.2) is 4.79 Å². The van der Waals surface area contributed by atoms with Crippen LogP contribution in [0.1, 0.15) is 55.9 Å². The average Bonchev–Trinajstić information content (AvgIpc) is 3.01. The minimum Gasteiger partial charge on any atom is -0.446 e. The van der Waals surface area contributed by atoms with Gasteiger partial charge in [-0.1, -0.05) is 50.2 Å². The lowest BCUT2D eigenvalue weighted by molar-refractivity contribution is -0.176. The van der Waals surface area contributed by atoms with E-state index in [1.54, 1.807) is 0 Å². The van der Waals surface area contributed by atoms with Crippen molar-refractivity contribution in [1.29, 1.82) is 0 Å². The average molecular weight is 405 g/mol. The second-order valence-electron chi connectivity index (χ2n) is 9.82. The summed E-state index contributed by atoms with van der Waals surface area (Å²) in [6.45, 7) is 5.82. The molecule has 2 aromatic carbocycles. The highest BCUT2D eigenvalue weighted by Gasteiger charge is 2.76. The Kier molecular flexibility index (Phi) is 4.15. The number of fused-ring (bicyclic) bond motifs is 2. The highest BCUT2D eigenvalue weighted by atomic mass is 16.6. The first-order chi connectivity index (χ1) is 14.2. The maximum atomic E-state index is 13.5. The minimum atomic E-state index is -1.20. The van der Waals surface area contributed by atoms with Crippen LogP contribution in [0.5, 0.6) is 5.75 Å². The number of rotatable bonds is 2. The molecule has 0 amide bonds. The molecule has 4 heteroatoms. The third-order valence-electron chi connectivity index (χ3n) is 8.16. The first kappa shape index (κ1) is 19.3. The van der Waals surface area contributed by atoms with Crippen molar-refractivity contribution in [2.45, 2.75) is 64.9 Å². The molecule has 6 aliphatic rings. The van der Waals surface area contributed by atoms with E-state index in [0.717, 1.165) is 36.8 Å². The van der Waals surface area contributed by atoms with Gasteiger partial charge in [0.25, 0.3) is 0 Å². The summed E-state index contributed by atoms with van der Waals surface area (Å²) in [4.78, 5) is 26.0. The molecule has 4 nitrogen and oxygen atoms in total. The Morgan fingerprint density at radius 1 is 0.867 bits per heavy atom. The Labute approximate surface area is 177 Å². The lowest BCUT2D eigenvalue weighted by atomic mass is 9.66. The first-order valence-corrected chi connectivity index (χ1v) is 10.9. The standard InChI is InChI=1S/C26H28O4/c1-24(2)25(3)14-15-26(24,30-22(25)27)23(28)29-21-16-19-9-8-17-4-6-18(7-5-17)10-12-20(21)13-11-19/h4-7,11,13,16H,8-10,12,14-15H2,1-3H3/t25-,26+/m0/s1. The fraction of sp³-hybridized carbons (Fsp3) is 0.462. The van der Waals surface area contributed by atoms with Crippen molar-refractivity contribution in [1.82, 2.24) is 0 Å². The van der Waals surface area contributed by atoms with Crippen LogP contribution in [-0.4, -0.2) is 17.5 Å². The van der Waals surface area contributed by atoms with Crippen LogP contribution in [0.25, 0.3) is 0 Å². The van der Waals surface area contributed by atoms with Crippen molar-refractivity contribution in [2.24, 2.45) is 10.8 Å². The molecule has 8 rings (SSSR count). The van der Waals surface area contributed by atoms with E-state index in [-0.39, 0.29) is 5.97 Å². The Morgan fingerprint density at radius 2 is 1.47 bits per heavy atom. The van der Waals surface area contributed by atoms with Crippen LogP contribution in [-0.2, 0) is 40.0 Å². The minimum absolute atomic E-state index is 0.283. The SMILES string of the molecule is CC1(C)[C@@]2(C)CC[C@]1(C(=O)Oc1cc3ccc1CCc1ccc(cc1)CC3)OC2=O. The Balaban J connectivity index is 1.47. The van der Waals surface area contributed by atoms with E-state index < -0.39 is 22.4 Å². The summed E-state index contributed by atoms with van der Waals surface area (Å²) < 4.78 is 11.8. The zero-order chi connectivity index (χ0) is 21.1. The van der Waals surface area contributed by atoms with E-state index in [9.17, 15) is 9.59 Å². The van der Waals surface area contributed by atoms with Crippen molar-refractivity contribution in [3.63, 3.8) is 0 Å². The van der Waals surface area contributed by atoms with E-state index in [4.69, 9.17) is 9.47 Å². The summed E-state index contributed by atoms with van der Waals surface area (Å²) in [5.74, 6) is -0.111. The number of esters is 2. The summed E-state index contributed by atoms with van der Waals surface area (Å²) in [6.07, 6.45) is 4.66. The molecule has 156 valence electrons. The molecular formula is C26H28O4. The van der Waals surface area contributed by atoms with Crippen molar-refractivity contribution in [3.8, 4) is 5.75 Å². The molecule has 6 bridgehead atoms. The summed E-state index contributed by atoms with van der Waals surface area (Å²) >= 11 is 0. The molecule has 0 spiro atoms. The van der Waals surface area contributed by atoms with Gasteiger partial charge < -0.3 is 9.47 Å². The monoisotopic (exact) mass is 404 g/mol. The summed E-state index contributed by atoms with van der Waals surface area (Å²) in [5, 5.41) is 0. The number of benzene rings is 2. The number of hydrogen-bond acceptors (Lipinski definition) is 4. The third-order valence-corrected chi connectivity index (χ3v) is 8.16. The van der Waals surface area contributed by atoms with Gasteiger partial charge in [-0.2, -0.15) is 0 Å². The summed E-state index contributed by atoms with van der Waals surface area (Å²) in [7, 11) is 0. The smallest absolute Gasteiger partial charge is 0.356 e. The molecule has 0 N–H and O–H groups in total. The summed E-state index contributed by atoms with van der Waals surface area (Å²) in [5.41, 5.74) is 2.29. The van der Waals surface area contributed by atoms with Crippen LogP contribution in [0.15, 0.2) is 42.5 Å². The van der Waals surface area contributed by atoms with Crippen molar-refractivity contribution in [3.05, 3.63) is 64.7 Å². The zero-order valence-electron chi connectivity index (χ0n) is 17.9. The predicted molar refractivity (Wildman–Crippen MR) is 113 cm³/mol. The van der Waals surface area contributed by atoms with Crippen molar-refractivity contribution < 1.29 is 19.1 Å². The fourth-order valence-corrected chi connectivity index (χ4v) is 5.38. The largest absolute Gasteiger partial charge is 0.446 e. The van der Waals surface area contributed by atoms with Gasteiger partial charge in [-0.3, -0.25) is 4.79 Å². The Bertz CT molecular complexity index is 1040. The molecule has 2 atom stereocenters. The molecular weight excluding hydrogens is 376 g/mol. The van der Waals surface area contributed by atoms with Gasteiger partial charge in [0.2, 0.25) is 5.60 Å². The van der Waals surface area contributed by atoms with E-state index in [0.29, 0.717) is 18.6 Å².